The number of amides is 3. The number of para-hydroxylation sites is 1. The van der Waals surface area contributed by atoms with Crippen molar-refractivity contribution < 1.29 is 29.0 Å². The molecule has 0 radical (unpaired) electrons. The van der Waals surface area contributed by atoms with Gasteiger partial charge in [-0.2, -0.15) is 0 Å². The first kappa shape index (κ1) is 29.2. The van der Waals surface area contributed by atoms with E-state index >= 15 is 0 Å². The van der Waals surface area contributed by atoms with Gasteiger partial charge < -0.3 is 29.7 Å². The molecule has 41 heavy (non-hydrogen) atoms. The van der Waals surface area contributed by atoms with Gasteiger partial charge in [0.05, 0.1) is 17.7 Å². The monoisotopic (exact) mass is 557 g/mol. The van der Waals surface area contributed by atoms with Crippen molar-refractivity contribution in [3.63, 3.8) is 0 Å². The SMILES string of the molecule is CC1=C(C(=O)OC(C)C)C(c2cccc(O)c2)N(CCCN(C)C(=O)c2ccc(Oc3ccccc3)cc2)C(=O)N1. The first-order valence-corrected chi connectivity index (χ1v) is 13.5. The van der Waals surface area contributed by atoms with Crippen molar-refractivity contribution in [3.05, 3.63) is 101 Å². The number of rotatable bonds is 10. The van der Waals surface area contributed by atoms with E-state index < -0.39 is 12.0 Å². The van der Waals surface area contributed by atoms with Crippen LogP contribution >= 0.6 is 0 Å². The van der Waals surface area contributed by atoms with E-state index in [1.165, 1.54) is 17.0 Å². The molecule has 0 fully saturated rings. The molecule has 3 aromatic rings. The summed E-state index contributed by atoms with van der Waals surface area (Å²) in [5.74, 6) is 0.650. The predicted molar refractivity (Wildman–Crippen MR) is 155 cm³/mol. The largest absolute Gasteiger partial charge is 0.508 e. The van der Waals surface area contributed by atoms with Crippen LogP contribution in [0.15, 0.2) is 90.1 Å². The quantitative estimate of drug-likeness (QED) is 0.313. The Hall–Kier alpha value is -4.79. The lowest BCUT2D eigenvalue weighted by Crippen LogP contribution is -2.49. The van der Waals surface area contributed by atoms with E-state index in [1.54, 1.807) is 69.1 Å². The van der Waals surface area contributed by atoms with E-state index in [9.17, 15) is 19.5 Å². The molecular formula is C32H35N3O6. The second kappa shape index (κ2) is 13.0. The van der Waals surface area contributed by atoms with Gasteiger partial charge in [-0.25, -0.2) is 9.59 Å². The fraction of sp³-hybridized carbons (Fsp3) is 0.281. The molecule has 1 heterocycles. The molecule has 3 amide bonds. The number of aromatic hydroxyl groups is 1. The third kappa shape index (κ3) is 7.25. The second-order valence-electron chi connectivity index (χ2n) is 10.1. The van der Waals surface area contributed by atoms with Gasteiger partial charge in [0, 0.05) is 31.4 Å². The second-order valence-corrected chi connectivity index (χ2v) is 10.1. The van der Waals surface area contributed by atoms with Crippen LogP contribution in [0.4, 0.5) is 4.79 Å². The van der Waals surface area contributed by atoms with Crippen molar-refractivity contribution in [3.8, 4) is 17.2 Å². The molecule has 9 heteroatoms. The van der Waals surface area contributed by atoms with Gasteiger partial charge in [-0.05, 0) is 81.3 Å². The summed E-state index contributed by atoms with van der Waals surface area (Å²) in [4.78, 5) is 42.4. The molecule has 1 atom stereocenters. The number of carbonyl (C=O) groups is 3. The number of phenols is 1. The van der Waals surface area contributed by atoms with E-state index in [4.69, 9.17) is 9.47 Å². The summed E-state index contributed by atoms with van der Waals surface area (Å²) in [6.07, 6.45) is 0.100. The number of esters is 1. The van der Waals surface area contributed by atoms with Crippen LogP contribution in [-0.2, 0) is 9.53 Å². The molecule has 0 saturated heterocycles. The Labute approximate surface area is 240 Å². The molecule has 0 aliphatic carbocycles. The molecule has 4 rings (SSSR count). The van der Waals surface area contributed by atoms with Crippen molar-refractivity contribution in [2.45, 2.75) is 39.3 Å². The molecule has 0 saturated carbocycles. The van der Waals surface area contributed by atoms with E-state index in [0.29, 0.717) is 46.9 Å². The van der Waals surface area contributed by atoms with Crippen LogP contribution in [0.2, 0.25) is 0 Å². The normalized spacial score (nSPS) is 15.0. The molecule has 3 aromatic carbocycles. The molecular weight excluding hydrogens is 522 g/mol. The molecule has 1 unspecified atom stereocenters. The number of urea groups is 1. The van der Waals surface area contributed by atoms with Gasteiger partial charge in [-0.1, -0.05) is 30.3 Å². The number of phenolic OH excluding ortho intramolecular Hbond substituents is 1. The molecule has 0 spiro atoms. The maximum absolute atomic E-state index is 13.1. The maximum atomic E-state index is 13.1. The van der Waals surface area contributed by atoms with Gasteiger partial charge in [0.15, 0.2) is 0 Å². The minimum absolute atomic E-state index is 0.0215. The fourth-order valence-corrected chi connectivity index (χ4v) is 4.68. The van der Waals surface area contributed by atoms with Gasteiger partial charge in [0.1, 0.15) is 17.2 Å². The molecule has 0 aromatic heterocycles. The topological polar surface area (TPSA) is 108 Å². The summed E-state index contributed by atoms with van der Waals surface area (Å²) >= 11 is 0. The summed E-state index contributed by atoms with van der Waals surface area (Å²) in [7, 11) is 1.70. The Morgan fingerprint density at radius 1 is 1.00 bits per heavy atom. The Morgan fingerprint density at radius 2 is 1.68 bits per heavy atom. The minimum atomic E-state index is -0.764. The first-order chi connectivity index (χ1) is 19.6. The van der Waals surface area contributed by atoms with Crippen LogP contribution in [0.25, 0.3) is 0 Å². The van der Waals surface area contributed by atoms with E-state index in [1.807, 2.05) is 30.3 Å². The van der Waals surface area contributed by atoms with E-state index in [0.717, 1.165) is 0 Å². The van der Waals surface area contributed by atoms with Gasteiger partial charge in [0.2, 0.25) is 0 Å². The van der Waals surface area contributed by atoms with Crippen molar-refractivity contribution in [1.29, 1.82) is 0 Å². The average molecular weight is 558 g/mol. The summed E-state index contributed by atoms with van der Waals surface area (Å²) < 4.78 is 11.3. The number of benzene rings is 3. The number of nitrogens with one attached hydrogen (secondary N) is 1. The summed E-state index contributed by atoms with van der Waals surface area (Å²) in [5, 5.41) is 12.9. The Kier molecular flexibility index (Phi) is 9.29. The summed E-state index contributed by atoms with van der Waals surface area (Å²) in [6, 6.07) is 21.7. The van der Waals surface area contributed by atoms with Crippen molar-refractivity contribution in [1.82, 2.24) is 15.1 Å². The summed E-state index contributed by atoms with van der Waals surface area (Å²) in [6.45, 7) is 5.79. The maximum Gasteiger partial charge on any atom is 0.338 e. The number of carbonyl (C=O) groups excluding carboxylic acids is 3. The zero-order valence-electron chi connectivity index (χ0n) is 23.7. The summed E-state index contributed by atoms with van der Waals surface area (Å²) in [5.41, 5.74) is 1.79. The molecule has 1 aliphatic heterocycles. The lowest BCUT2D eigenvalue weighted by atomic mass is 9.93. The standard InChI is InChI=1S/C32H35N3O6/c1-21(2)40-31(38)28-22(3)33-32(39)35(29(28)24-10-8-11-25(36)20-24)19-9-18-34(4)30(37)23-14-16-27(17-15-23)41-26-12-6-5-7-13-26/h5-8,10-17,20-21,29,36H,9,18-19H2,1-4H3,(H,33,39). The number of hydrogen-bond acceptors (Lipinski definition) is 6. The average Bonchev–Trinajstić information content (AvgIpc) is 2.94. The van der Waals surface area contributed by atoms with Crippen LogP contribution in [0.5, 0.6) is 17.2 Å². The highest BCUT2D eigenvalue weighted by Crippen LogP contribution is 2.36. The minimum Gasteiger partial charge on any atom is -0.508 e. The smallest absolute Gasteiger partial charge is 0.338 e. The molecule has 214 valence electrons. The third-order valence-electron chi connectivity index (χ3n) is 6.61. The Morgan fingerprint density at radius 3 is 2.34 bits per heavy atom. The molecule has 2 N–H and O–H groups in total. The number of allylic oxidation sites excluding steroid dienone is 1. The van der Waals surface area contributed by atoms with E-state index in [-0.39, 0.29) is 30.3 Å². The molecule has 1 aliphatic rings. The van der Waals surface area contributed by atoms with Gasteiger partial charge in [-0.3, -0.25) is 4.79 Å². The first-order valence-electron chi connectivity index (χ1n) is 13.5. The Balaban J connectivity index is 1.45. The highest BCUT2D eigenvalue weighted by atomic mass is 16.5. The third-order valence-corrected chi connectivity index (χ3v) is 6.61. The number of hydrogen-bond donors (Lipinski definition) is 2. The van der Waals surface area contributed by atoms with Gasteiger partial charge >= 0.3 is 12.0 Å². The zero-order chi connectivity index (χ0) is 29.5. The fourth-order valence-electron chi connectivity index (χ4n) is 4.68. The lowest BCUT2D eigenvalue weighted by molar-refractivity contribution is -0.143. The molecule has 0 bridgehead atoms. The molecule has 9 nitrogen and oxygen atoms in total. The van der Waals surface area contributed by atoms with Gasteiger partial charge in [-0.15, -0.1) is 0 Å². The zero-order valence-corrected chi connectivity index (χ0v) is 23.7. The highest BCUT2D eigenvalue weighted by Gasteiger charge is 2.38. The van der Waals surface area contributed by atoms with Crippen LogP contribution in [-0.4, -0.2) is 59.1 Å². The van der Waals surface area contributed by atoms with Crippen molar-refractivity contribution in [2.24, 2.45) is 0 Å². The van der Waals surface area contributed by atoms with Crippen LogP contribution in [0.3, 0.4) is 0 Å². The lowest BCUT2D eigenvalue weighted by Gasteiger charge is -2.38. The van der Waals surface area contributed by atoms with Crippen LogP contribution in [0.1, 0.15) is 49.2 Å². The van der Waals surface area contributed by atoms with Crippen LogP contribution < -0.4 is 10.1 Å². The number of ether oxygens (including phenoxy) is 2. The Bertz CT molecular complexity index is 1420. The number of nitrogens with zero attached hydrogens (tertiary/aromatic N) is 2. The van der Waals surface area contributed by atoms with Crippen LogP contribution in [0, 0.1) is 0 Å². The van der Waals surface area contributed by atoms with E-state index in [2.05, 4.69) is 5.32 Å². The van der Waals surface area contributed by atoms with Gasteiger partial charge in [0.25, 0.3) is 5.91 Å². The highest BCUT2D eigenvalue weighted by molar-refractivity contribution is 5.95. The van der Waals surface area contributed by atoms with Crippen molar-refractivity contribution in [2.75, 3.05) is 20.1 Å². The van der Waals surface area contributed by atoms with Crippen molar-refractivity contribution >= 4 is 17.9 Å². The predicted octanol–water partition coefficient (Wildman–Crippen LogP) is 5.64.